The van der Waals surface area contributed by atoms with Gasteiger partial charge in [0, 0.05) is 11.6 Å². The lowest BCUT2D eigenvalue weighted by Crippen LogP contribution is -2.39. The molecule has 132 valence electrons. The molecule has 0 bridgehead atoms. The second-order valence-corrected chi connectivity index (χ2v) is 6.76. The molecule has 1 aromatic carbocycles. The molecule has 7 heteroatoms. The highest BCUT2D eigenvalue weighted by Gasteiger charge is 2.32. The third-order valence-corrected chi connectivity index (χ3v) is 4.87. The first-order valence-electron chi connectivity index (χ1n) is 8.83. The molecule has 0 radical (unpaired) electrons. The lowest BCUT2D eigenvalue weighted by Gasteiger charge is -2.22. The number of carbonyl (C=O) groups is 1. The summed E-state index contributed by atoms with van der Waals surface area (Å²) in [5, 5.41) is 10.3. The van der Waals surface area contributed by atoms with Crippen LogP contribution in [0.2, 0.25) is 0 Å². The Labute approximate surface area is 146 Å². The molecule has 1 aliphatic carbocycles. The highest BCUT2D eigenvalue weighted by atomic mass is 16.5. The molecule has 1 amide bonds. The van der Waals surface area contributed by atoms with Crippen LogP contribution in [-0.4, -0.2) is 45.7 Å². The van der Waals surface area contributed by atoms with Gasteiger partial charge < -0.3 is 10.1 Å². The molecule has 0 spiro atoms. The van der Waals surface area contributed by atoms with Crippen LogP contribution in [0.5, 0.6) is 5.75 Å². The van der Waals surface area contributed by atoms with Gasteiger partial charge in [0.2, 0.25) is 5.91 Å². The highest BCUT2D eigenvalue weighted by Crippen LogP contribution is 2.37. The van der Waals surface area contributed by atoms with Gasteiger partial charge in [-0.1, -0.05) is 0 Å². The van der Waals surface area contributed by atoms with Gasteiger partial charge in [-0.05, 0) is 56.5 Å². The second kappa shape index (κ2) is 6.84. The Kier molecular flexibility index (Phi) is 4.40. The molecule has 1 aliphatic heterocycles. The summed E-state index contributed by atoms with van der Waals surface area (Å²) in [6, 6.07) is 7.27. The van der Waals surface area contributed by atoms with Crippen LogP contribution in [-0.2, 0) is 11.3 Å². The second-order valence-electron chi connectivity index (χ2n) is 6.76. The predicted molar refractivity (Wildman–Crippen MR) is 93.4 cm³/mol. The number of rotatable bonds is 6. The van der Waals surface area contributed by atoms with Gasteiger partial charge in [0.15, 0.2) is 5.82 Å². The Hall–Kier alpha value is -2.41. The Morgan fingerprint density at radius 1 is 1.32 bits per heavy atom. The van der Waals surface area contributed by atoms with Crippen molar-refractivity contribution in [1.82, 2.24) is 20.1 Å². The van der Waals surface area contributed by atoms with Crippen LogP contribution in [0, 0.1) is 0 Å². The molecule has 7 nitrogen and oxygen atoms in total. The molecular formula is C18H23N5O2. The van der Waals surface area contributed by atoms with Crippen molar-refractivity contribution in [3.63, 3.8) is 0 Å². The Morgan fingerprint density at radius 2 is 2.12 bits per heavy atom. The van der Waals surface area contributed by atoms with E-state index in [0.29, 0.717) is 12.5 Å². The van der Waals surface area contributed by atoms with Gasteiger partial charge in [0.05, 0.1) is 19.7 Å². The summed E-state index contributed by atoms with van der Waals surface area (Å²) in [6.45, 7) is 1.54. The number of likely N-dealkylation sites (tertiary alicyclic amines) is 1. The van der Waals surface area contributed by atoms with E-state index in [1.165, 1.54) is 12.8 Å². The number of aromatic amines is 1. The fraction of sp³-hybridized carbons (Fsp3) is 0.500. The van der Waals surface area contributed by atoms with Gasteiger partial charge in [-0.25, -0.2) is 4.98 Å². The fourth-order valence-corrected chi connectivity index (χ4v) is 3.31. The summed E-state index contributed by atoms with van der Waals surface area (Å²) < 4.78 is 5.14. The number of nitrogens with one attached hydrogen (secondary N) is 2. The molecule has 2 aromatic rings. The van der Waals surface area contributed by atoms with Crippen molar-refractivity contribution in [1.29, 1.82) is 0 Å². The average molecular weight is 341 g/mol. The average Bonchev–Trinajstić information content (AvgIpc) is 3.20. The molecule has 2 N–H and O–H groups in total. The lowest BCUT2D eigenvalue weighted by molar-refractivity contribution is -0.120. The number of hydrogen-bond donors (Lipinski definition) is 2. The molecule has 1 aromatic heterocycles. The molecule has 2 aliphatic rings. The zero-order chi connectivity index (χ0) is 17.2. The van der Waals surface area contributed by atoms with E-state index in [-0.39, 0.29) is 11.9 Å². The highest BCUT2D eigenvalue weighted by molar-refractivity contribution is 5.95. The fourth-order valence-electron chi connectivity index (χ4n) is 3.31. The van der Waals surface area contributed by atoms with Gasteiger partial charge in [0.1, 0.15) is 11.6 Å². The van der Waals surface area contributed by atoms with Crippen LogP contribution in [0.15, 0.2) is 24.3 Å². The molecule has 1 atom stereocenters. The molecule has 1 unspecified atom stereocenters. The van der Waals surface area contributed by atoms with Crippen LogP contribution in [0.1, 0.15) is 43.3 Å². The maximum absolute atomic E-state index is 12.7. The lowest BCUT2D eigenvalue weighted by atomic mass is 10.2. The van der Waals surface area contributed by atoms with Crippen molar-refractivity contribution in [2.45, 2.75) is 44.2 Å². The van der Waals surface area contributed by atoms with Gasteiger partial charge >= 0.3 is 0 Å². The number of anilines is 1. The van der Waals surface area contributed by atoms with Crippen LogP contribution >= 0.6 is 0 Å². The number of ether oxygens (including phenoxy) is 1. The Balaban J connectivity index is 1.38. The van der Waals surface area contributed by atoms with Gasteiger partial charge in [-0.2, -0.15) is 5.10 Å². The third kappa shape index (κ3) is 3.66. The van der Waals surface area contributed by atoms with E-state index in [2.05, 4.69) is 25.4 Å². The number of nitrogens with zero attached hydrogens (tertiary/aromatic N) is 3. The van der Waals surface area contributed by atoms with Crippen LogP contribution in [0.3, 0.4) is 0 Å². The molecular weight excluding hydrogens is 318 g/mol. The van der Waals surface area contributed by atoms with Crippen molar-refractivity contribution in [2.24, 2.45) is 0 Å². The monoisotopic (exact) mass is 341 g/mol. The normalized spacial score (nSPS) is 20.6. The molecule has 1 saturated heterocycles. The van der Waals surface area contributed by atoms with Crippen LogP contribution in [0.25, 0.3) is 0 Å². The maximum Gasteiger partial charge on any atom is 0.241 e. The first kappa shape index (κ1) is 16.1. The van der Waals surface area contributed by atoms with E-state index in [9.17, 15) is 4.79 Å². The number of benzene rings is 1. The minimum absolute atomic E-state index is 0.0320. The minimum atomic E-state index is -0.128. The van der Waals surface area contributed by atoms with E-state index < -0.39 is 0 Å². The summed E-state index contributed by atoms with van der Waals surface area (Å²) in [7, 11) is 1.63. The predicted octanol–water partition coefficient (Wildman–Crippen LogP) is 2.29. The summed E-state index contributed by atoms with van der Waals surface area (Å²) in [6.07, 6.45) is 4.26. The van der Waals surface area contributed by atoms with E-state index in [1.807, 2.05) is 24.3 Å². The van der Waals surface area contributed by atoms with Crippen LogP contribution < -0.4 is 10.1 Å². The van der Waals surface area contributed by atoms with E-state index >= 15 is 0 Å². The molecule has 2 heterocycles. The number of amides is 1. The summed E-state index contributed by atoms with van der Waals surface area (Å²) >= 11 is 0. The molecule has 4 rings (SSSR count). The summed E-state index contributed by atoms with van der Waals surface area (Å²) in [5.41, 5.74) is 0.785. The number of aromatic nitrogens is 3. The van der Waals surface area contributed by atoms with E-state index in [4.69, 9.17) is 4.74 Å². The summed E-state index contributed by atoms with van der Waals surface area (Å²) in [4.78, 5) is 19.4. The van der Waals surface area contributed by atoms with Crippen molar-refractivity contribution in [2.75, 3.05) is 19.0 Å². The maximum atomic E-state index is 12.7. The number of H-pyrrole nitrogens is 1. The zero-order valence-corrected chi connectivity index (χ0v) is 14.4. The van der Waals surface area contributed by atoms with Gasteiger partial charge in [-0.15, -0.1) is 0 Å². The molecule has 25 heavy (non-hydrogen) atoms. The van der Waals surface area contributed by atoms with Crippen molar-refractivity contribution < 1.29 is 9.53 Å². The van der Waals surface area contributed by atoms with E-state index in [0.717, 1.165) is 42.5 Å². The smallest absolute Gasteiger partial charge is 0.241 e. The quantitative estimate of drug-likeness (QED) is 0.842. The summed E-state index contributed by atoms with van der Waals surface area (Å²) in [5.74, 6) is 3.12. The van der Waals surface area contributed by atoms with Crippen molar-refractivity contribution in [3.05, 3.63) is 35.9 Å². The standard InChI is InChI=1S/C18H23N5O2/c1-25-14-8-6-13(7-9-14)19-18(24)15-3-2-10-23(15)11-16-20-17(22-21-16)12-4-5-12/h6-9,12,15H,2-5,10-11H2,1H3,(H,19,24)(H,20,21,22). The Morgan fingerprint density at radius 3 is 2.84 bits per heavy atom. The number of carbonyl (C=O) groups excluding carboxylic acids is 1. The third-order valence-electron chi connectivity index (χ3n) is 4.87. The topological polar surface area (TPSA) is 83.1 Å². The first-order valence-corrected chi connectivity index (χ1v) is 8.83. The SMILES string of the molecule is COc1ccc(NC(=O)C2CCCN2Cc2nc(C3CC3)n[nH]2)cc1. The van der Waals surface area contributed by atoms with Gasteiger partial charge in [0.25, 0.3) is 0 Å². The minimum Gasteiger partial charge on any atom is -0.497 e. The number of methoxy groups -OCH3 is 1. The van der Waals surface area contributed by atoms with Crippen LogP contribution in [0.4, 0.5) is 5.69 Å². The zero-order valence-electron chi connectivity index (χ0n) is 14.4. The molecule has 1 saturated carbocycles. The van der Waals surface area contributed by atoms with Crippen molar-refractivity contribution >= 4 is 11.6 Å². The Bertz CT molecular complexity index is 738. The van der Waals surface area contributed by atoms with E-state index in [1.54, 1.807) is 7.11 Å². The largest absolute Gasteiger partial charge is 0.497 e. The van der Waals surface area contributed by atoms with Gasteiger partial charge in [-0.3, -0.25) is 14.8 Å². The number of hydrogen-bond acceptors (Lipinski definition) is 5. The van der Waals surface area contributed by atoms with Crippen molar-refractivity contribution in [3.8, 4) is 5.75 Å². The first-order chi connectivity index (χ1) is 12.2. The molecule has 2 fully saturated rings.